The lowest BCUT2D eigenvalue weighted by Crippen LogP contribution is -2.44. The van der Waals surface area contributed by atoms with E-state index in [1.54, 1.807) is 11.3 Å². The summed E-state index contributed by atoms with van der Waals surface area (Å²) in [5.41, 5.74) is 2.84. The van der Waals surface area contributed by atoms with Gasteiger partial charge in [0.25, 0.3) is 0 Å². The highest BCUT2D eigenvalue weighted by atomic mass is 32.1. The molecule has 1 saturated heterocycles. The topological polar surface area (TPSA) is 45.2 Å². The Morgan fingerprint density at radius 3 is 3.18 bits per heavy atom. The van der Waals surface area contributed by atoms with Crippen molar-refractivity contribution in [1.82, 2.24) is 15.2 Å². The van der Waals surface area contributed by atoms with E-state index < -0.39 is 0 Å². The SMILES string of the molecule is Cc1ncsc1CNC(=O)N1CCCC(C)C1. The Labute approximate surface area is 106 Å². The molecule has 0 saturated carbocycles. The highest BCUT2D eigenvalue weighted by Crippen LogP contribution is 2.16. The van der Waals surface area contributed by atoms with E-state index in [1.165, 1.54) is 6.42 Å². The number of hydrogen-bond donors (Lipinski definition) is 1. The van der Waals surface area contributed by atoms with Gasteiger partial charge in [-0.2, -0.15) is 0 Å². The number of piperidine rings is 1. The Hall–Kier alpha value is -1.10. The summed E-state index contributed by atoms with van der Waals surface area (Å²) in [7, 11) is 0. The number of urea groups is 1. The molecule has 1 unspecified atom stereocenters. The van der Waals surface area contributed by atoms with Gasteiger partial charge in [-0.15, -0.1) is 11.3 Å². The van der Waals surface area contributed by atoms with E-state index in [1.807, 2.05) is 17.3 Å². The quantitative estimate of drug-likeness (QED) is 0.879. The lowest BCUT2D eigenvalue weighted by Gasteiger charge is -2.30. The van der Waals surface area contributed by atoms with Crippen LogP contribution in [0, 0.1) is 12.8 Å². The molecule has 1 atom stereocenters. The zero-order valence-electron chi connectivity index (χ0n) is 10.4. The molecule has 1 aromatic rings. The van der Waals surface area contributed by atoms with Crippen LogP contribution in [0.3, 0.4) is 0 Å². The van der Waals surface area contributed by atoms with E-state index >= 15 is 0 Å². The average Bonchev–Trinajstić information content (AvgIpc) is 2.72. The van der Waals surface area contributed by atoms with Crippen molar-refractivity contribution in [2.75, 3.05) is 13.1 Å². The predicted octanol–water partition coefficient (Wildman–Crippen LogP) is 2.39. The second kappa shape index (κ2) is 5.49. The smallest absolute Gasteiger partial charge is 0.317 e. The molecule has 1 aliphatic rings. The van der Waals surface area contributed by atoms with Gasteiger partial charge < -0.3 is 10.2 Å². The van der Waals surface area contributed by atoms with Crippen LogP contribution < -0.4 is 5.32 Å². The van der Waals surface area contributed by atoms with Gasteiger partial charge in [-0.1, -0.05) is 6.92 Å². The summed E-state index contributed by atoms with van der Waals surface area (Å²) in [5, 5.41) is 2.97. The third-order valence-electron chi connectivity index (χ3n) is 3.19. The number of likely N-dealkylation sites (tertiary alicyclic amines) is 1. The molecular formula is C12H19N3OS. The van der Waals surface area contributed by atoms with Gasteiger partial charge in [-0.25, -0.2) is 9.78 Å². The molecule has 2 rings (SSSR count). The van der Waals surface area contributed by atoms with E-state index in [4.69, 9.17) is 0 Å². The van der Waals surface area contributed by atoms with Crippen LogP contribution in [0.4, 0.5) is 4.79 Å². The maximum absolute atomic E-state index is 11.9. The first-order valence-electron chi connectivity index (χ1n) is 6.08. The molecule has 1 N–H and O–H groups in total. The Bertz CT molecular complexity index is 391. The second-order valence-electron chi connectivity index (χ2n) is 4.71. The number of nitrogens with one attached hydrogen (secondary N) is 1. The van der Waals surface area contributed by atoms with Crippen molar-refractivity contribution in [2.45, 2.75) is 33.2 Å². The van der Waals surface area contributed by atoms with Crippen LogP contribution in [-0.2, 0) is 6.54 Å². The molecule has 2 heterocycles. The third-order valence-corrected chi connectivity index (χ3v) is 4.12. The van der Waals surface area contributed by atoms with Crippen molar-refractivity contribution in [1.29, 1.82) is 0 Å². The minimum absolute atomic E-state index is 0.0596. The zero-order chi connectivity index (χ0) is 12.3. The number of aryl methyl sites for hydroxylation is 1. The first-order chi connectivity index (χ1) is 8.16. The normalized spacial score (nSPS) is 20.4. The molecule has 5 heteroatoms. The van der Waals surface area contributed by atoms with Crippen LogP contribution in [0.25, 0.3) is 0 Å². The number of nitrogens with zero attached hydrogens (tertiary/aromatic N) is 2. The molecule has 4 nitrogen and oxygen atoms in total. The second-order valence-corrected chi connectivity index (χ2v) is 5.65. The van der Waals surface area contributed by atoms with Crippen molar-refractivity contribution >= 4 is 17.4 Å². The van der Waals surface area contributed by atoms with Gasteiger partial charge in [-0.05, 0) is 25.7 Å². The molecule has 2 amide bonds. The van der Waals surface area contributed by atoms with Gasteiger partial charge in [0.05, 0.1) is 17.7 Å². The number of aromatic nitrogens is 1. The van der Waals surface area contributed by atoms with Crippen LogP contribution in [-0.4, -0.2) is 29.0 Å². The monoisotopic (exact) mass is 253 g/mol. The minimum Gasteiger partial charge on any atom is -0.333 e. The molecule has 0 aliphatic carbocycles. The van der Waals surface area contributed by atoms with Gasteiger partial charge in [0.1, 0.15) is 0 Å². The van der Waals surface area contributed by atoms with Crippen LogP contribution >= 0.6 is 11.3 Å². The van der Waals surface area contributed by atoms with Gasteiger partial charge in [-0.3, -0.25) is 0 Å². The van der Waals surface area contributed by atoms with Crippen molar-refractivity contribution in [2.24, 2.45) is 5.92 Å². The maximum Gasteiger partial charge on any atom is 0.317 e. The predicted molar refractivity (Wildman–Crippen MR) is 69.1 cm³/mol. The minimum atomic E-state index is 0.0596. The lowest BCUT2D eigenvalue weighted by atomic mass is 10.0. The molecule has 94 valence electrons. The summed E-state index contributed by atoms with van der Waals surface area (Å²) < 4.78 is 0. The van der Waals surface area contributed by atoms with E-state index in [0.29, 0.717) is 12.5 Å². The first kappa shape index (κ1) is 12.4. The number of carbonyl (C=O) groups is 1. The summed E-state index contributed by atoms with van der Waals surface area (Å²) in [6, 6.07) is 0.0596. The number of carbonyl (C=O) groups excluding carboxylic acids is 1. The van der Waals surface area contributed by atoms with E-state index in [-0.39, 0.29) is 6.03 Å². The average molecular weight is 253 g/mol. The van der Waals surface area contributed by atoms with Crippen molar-refractivity contribution in [3.8, 4) is 0 Å². The van der Waals surface area contributed by atoms with E-state index in [9.17, 15) is 4.79 Å². The zero-order valence-corrected chi connectivity index (χ0v) is 11.2. The van der Waals surface area contributed by atoms with Gasteiger partial charge in [0, 0.05) is 18.0 Å². The summed E-state index contributed by atoms with van der Waals surface area (Å²) in [5.74, 6) is 0.625. The maximum atomic E-state index is 11.9. The van der Waals surface area contributed by atoms with Gasteiger partial charge >= 0.3 is 6.03 Å². The summed E-state index contributed by atoms with van der Waals surface area (Å²) >= 11 is 1.59. The number of thiazole rings is 1. The van der Waals surface area contributed by atoms with Crippen LogP contribution in [0.15, 0.2) is 5.51 Å². The highest BCUT2D eigenvalue weighted by molar-refractivity contribution is 7.09. The molecule has 1 aromatic heterocycles. The Morgan fingerprint density at radius 2 is 2.53 bits per heavy atom. The molecule has 17 heavy (non-hydrogen) atoms. The molecule has 0 radical (unpaired) electrons. The molecule has 0 spiro atoms. The van der Waals surface area contributed by atoms with Crippen LogP contribution in [0.1, 0.15) is 30.3 Å². The summed E-state index contributed by atoms with van der Waals surface area (Å²) in [6.07, 6.45) is 2.35. The fourth-order valence-corrected chi connectivity index (χ4v) is 2.85. The number of rotatable bonds is 2. The van der Waals surface area contributed by atoms with Gasteiger partial charge in [0.15, 0.2) is 0 Å². The number of hydrogen-bond acceptors (Lipinski definition) is 3. The Kier molecular flexibility index (Phi) is 3.99. The largest absolute Gasteiger partial charge is 0.333 e. The van der Waals surface area contributed by atoms with Crippen LogP contribution in [0.2, 0.25) is 0 Å². The van der Waals surface area contributed by atoms with Crippen molar-refractivity contribution < 1.29 is 4.79 Å². The Balaban J connectivity index is 1.83. The summed E-state index contributed by atoms with van der Waals surface area (Å²) in [4.78, 5) is 19.2. The molecule has 0 aromatic carbocycles. The van der Waals surface area contributed by atoms with E-state index in [0.717, 1.165) is 30.1 Å². The van der Waals surface area contributed by atoms with Gasteiger partial charge in [0.2, 0.25) is 0 Å². The molecule has 0 bridgehead atoms. The van der Waals surface area contributed by atoms with Crippen LogP contribution in [0.5, 0.6) is 0 Å². The third kappa shape index (κ3) is 3.19. The molecular weight excluding hydrogens is 234 g/mol. The van der Waals surface area contributed by atoms with E-state index in [2.05, 4.69) is 17.2 Å². The molecule has 1 fully saturated rings. The summed E-state index contributed by atoms with van der Waals surface area (Å²) in [6.45, 7) is 6.54. The standard InChI is InChI=1S/C12H19N3OS/c1-9-4-3-5-15(7-9)12(16)13-6-11-10(2)14-8-17-11/h8-9H,3-7H2,1-2H3,(H,13,16). The lowest BCUT2D eigenvalue weighted by molar-refractivity contribution is 0.169. The fraction of sp³-hybridized carbons (Fsp3) is 0.667. The first-order valence-corrected chi connectivity index (χ1v) is 6.96. The fourth-order valence-electron chi connectivity index (χ4n) is 2.14. The number of amides is 2. The van der Waals surface area contributed by atoms with Crippen molar-refractivity contribution in [3.63, 3.8) is 0 Å². The highest BCUT2D eigenvalue weighted by Gasteiger charge is 2.20. The molecule has 1 aliphatic heterocycles. The Morgan fingerprint density at radius 1 is 1.71 bits per heavy atom. The van der Waals surface area contributed by atoms with Crippen molar-refractivity contribution in [3.05, 3.63) is 16.1 Å².